The lowest BCUT2D eigenvalue weighted by atomic mass is 10.0. The molecule has 22 heavy (non-hydrogen) atoms. The number of rotatable bonds is 4. The van der Waals surface area contributed by atoms with E-state index >= 15 is 0 Å². The van der Waals surface area contributed by atoms with E-state index in [0.29, 0.717) is 6.42 Å². The first-order valence-corrected chi connectivity index (χ1v) is 7.04. The number of fused-ring (bicyclic) bond motifs is 1. The van der Waals surface area contributed by atoms with E-state index in [1.54, 1.807) is 12.1 Å². The second kappa shape index (κ2) is 6.95. The first kappa shape index (κ1) is 17.2. The Hall–Kier alpha value is -1.15. The minimum absolute atomic E-state index is 0. The van der Waals surface area contributed by atoms with E-state index in [4.69, 9.17) is 0 Å². The predicted octanol–water partition coefficient (Wildman–Crippen LogP) is 1.76. The van der Waals surface area contributed by atoms with E-state index in [9.17, 15) is 13.9 Å². The number of hydrogen-bond acceptors (Lipinski definition) is 5. The zero-order chi connectivity index (χ0) is 14.9. The van der Waals surface area contributed by atoms with Gasteiger partial charge in [0.15, 0.2) is 11.5 Å². The zero-order valence-corrected chi connectivity index (χ0v) is 12.7. The van der Waals surface area contributed by atoms with Gasteiger partial charge in [-0.3, -0.25) is 4.90 Å². The lowest BCUT2D eigenvalue weighted by Crippen LogP contribution is -2.45. The summed E-state index contributed by atoms with van der Waals surface area (Å²) in [7, 11) is 0. The summed E-state index contributed by atoms with van der Waals surface area (Å²) < 4.78 is 35.0. The van der Waals surface area contributed by atoms with Crippen LogP contribution in [0.1, 0.15) is 18.0 Å². The summed E-state index contributed by atoms with van der Waals surface area (Å²) in [6.07, 6.45) is -3.04. The Kier molecular flexibility index (Phi) is 5.44. The summed E-state index contributed by atoms with van der Waals surface area (Å²) >= 11 is 0. The molecule has 1 fully saturated rings. The highest BCUT2D eigenvalue weighted by molar-refractivity contribution is 5.85. The number of halogens is 3. The molecule has 1 aromatic rings. The molecule has 3 rings (SSSR count). The maximum Gasteiger partial charge on any atom is 0.586 e. The van der Waals surface area contributed by atoms with Crippen molar-refractivity contribution in [1.29, 1.82) is 0 Å². The van der Waals surface area contributed by atoms with Gasteiger partial charge in [-0.05, 0) is 24.1 Å². The van der Waals surface area contributed by atoms with Gasteiger partial charge in [0.1, 0.15) is 0 Å². The molecular formula is C14H19ClF2N2O3. The first-order valence-electron chi connectivity index (χ1n) is 7.04. The summed E-state index contributed by atoms with van der Waals surface area (Å²) in [6.45, 7) is 3.51. The molecule has 0 saturated carbocycles. The van der Waals surface area contributed by atoms with Crippen molar-refractivity contribution >= 4 is 12.4 Å². The van der Waals surface area contributed by atoms with E-state index in [1.165, 1.54) is 6.07 Å². The van der Waals surface area contributed by atoms with E-state index < -0.39 is 6.29 Å². The smallest absolute Gasteiger partial charge is 0.396 e. The zero-order valence-electron chi connectivity index (χ0n) is 11.9. The summed E-state index contributed by atoms with van der Waals surface area (Å²) in [5.74, 6) is 0.0994. The molecule has 1 saturated heterocycles. The number of nitrogens with one attached hydrogen (secondary N) is 1. The van der Waals surface area contributed by atoms with Crippen molar-refractivity contribution in [1.82, 2.24) is 10.2 Å². The van der Waals surface area contributed by atoms with Gasteiger partial charge in [-0.1, -0.05) is 6.07 Å². The number of nitrogens with zero attached hydrogens (tertiary/aromatic N) is 1. The highest BCUT2D eigenvalue weighted by Crippen LogP contribution is 2.42. The van der Waals surface area contributed by atoms with Crippen LogP contribution in [0.3, 0.4) is 0 Å². The summed E-state index contributed by atoms with van der Waals surface area (Å²) in [4.78, 5) is 2.24. The number of piperazine rings is 1. The average molecular weight is 337 g/mol. The SMILES string of the molecule is Cl.OCC[C@@H](c1ccc2c(c1)OC(F)(F)O2)N1CCNCC1. The van der Waals surface area contributed by atoms with Gasteiger partial charge in [-0.25, -0.2) is 0 Å². The molecule has 2 aliphatic heterocycles. The van der Waals surface area contributed by atoms with Crippen LogP contribution < -0.4 is 14.8 Å². The van der Waals surface area contributed by atoms with Gasteiger partial charge >= 0.3 is 6.29 Å². The Morgan fingerprint density at radius 3 is 2.59 bits per heavy atom. The number of hydrogen-bond donors (Lipinski definition) is 2. The fourth-order valence-electron chi connectivity index (χ4n) is 2.85. The Bertz CT molecular complexity index is 513. The molecule has 0 aliphatic carbocycles. The van der Waals surface area contributed by atoms with Gasteiger partial charge < -0.3 is 19.9 Å². The molecule has 0 spiro atoms. The molecular weight excluding hydrogens is 318 g/mol. The first-order chi connectivity index (χ1) is 10.1. The lowest BCUT2D eigenvalue weighted by Gasteiger charge is -2.35. The fraction of sp³-hybridized carbons (Fsp3) is 0.571. The van der Waals surface area contributed by atoms with Crippen molar-refractivity contribution in [2.24, 2.45) is 0 Å². The molecule has 0 bridgehead atoms. The van der Waals surface area contributed by atoms with Crippen LogP contribution in [0.25, 0.3) is 0 Å². The van der Waals surface area contributed by atoms with Crippen LogP contribution in [0.4, 0.5) is 8.78 Å². The van der Waals surface area contributed by atoms with E-state index in [-0.39, 0.29) is 36.6 Å². The average Bonchev–Trinajstić information content (AvgIpc) is 2.78. The third-order valence-electron chi connectivity index (χ3n) is 3.80. The van der Waals surface area contributed by atoms with Gasteiger partial charge in [0.25, 0.3) is 0 Å². The van der Waals surface area contributed by atoms with E-state index in [1.807, 2.05) is 0 Å². The Morgan fingerprint density at radius 2 is 1.91 bits per heavy atom. The van der Waals surface area contributed by atoms with Crippen LogP contribution in [0.15, 0.2) is 18.2 Å². The number of benzene rings is 1. The monoisotopic (exact) mass is 336 g/mol. The van der Waals surface area contributed by atoms with Crippen LogP contribution in [0.2, 0.25) is 0 Å². The molecule has 0 unspecified atom stereocenters. The highest BCUT2D eigenvalue weighted by atomic mass is 35.5. The summed E-state index contributed by atoms with van der Waals surface area (Å²) in [5, 5.41) is 12.6. The van der Waals surface area contributed by atoms with Gasteiger partial charge in [-0.2, -0.15) is 0 Å². The number of alkyl halides is 2. The Morgan fingerprint density at radius 1 is 1.23 bits per heavy atom. The minimum atomic E-state index is -3.59. The van der Waals surface area contributed by atoms with Gasteiger partial charge in [0, 0.05) is 38.8 Å². The van der Waals surface area contributed by atoms with Crippen molar-refractivity contribution in [2.75, 3.05) is 32.8 Å². The molecule has 1 aromatic carbocycles. The van der Waals surface area contributed by atoms with Crippen LogP contribution >= 0.6 is 12.4 Å². The van der Waals surface area contributed by atoms with E-state index in [0.717, 1.165) is 31.7 Å². The molecule has 124 valence electrons. The standard InChI is InChI=1S/C14H18F2N2O3.ClH/c15-14(16)20-12-2-1-10(9-13(12)21-14)11(3-8-19)18-6-4-17-5-7-18;/h1-2,9,11,17,19H,3-8H2;1H/t11-;/m0./s1. The summed E-state index contributed by atoms with van der Waals surface area (Å²) in [6, 6.07) is 4.82. The molecule has 2 N–H and O–H groups in total. The third-order valence-corrected chi connectivity index (χ3v) is 3.80. The number of aliphatic hydroxyl groups excluding tert-OH is 1. The van der Waals surface area contributed by atoms with Crippen molar-refractivity contribution < 1.29 is 23.4 Å². The number of aliphatic hydroxyl groups is 1. The topological polar surface area (TPSA) is 54.0 Å². The second-order valence-electron chi connectivity index (χ2n) is 5.19. The number of ether oxygens (including phenoxy) is 2. The molecule has 8 heteroatoms. The summed E-state index contributed by atoms with van der Waals surface area (Å²) in [5.41, 5.74) is 0.853. The van der Waals surface area contributed by atoms with Gasteiger partial charge in [0.05, 0.1) is 0 Å². The lowest BCUT2D eigenvalue weighted by molar-refractivity contribution is -0.286. The van der Waals surface area contributed by atoms with Crippen LogP contribution in [-0.2, 0) is 0 Å². The molecule has 2 heterocycles. The molecule has 0 aromatic heterocycles. The molecule has 0 radical (unpaired) electrons. The van der Waals surface area contributed by atoms with Crippen LogP contribution in [-0.4, -0.2) is 49.1 Å². The Labute approximate surface area is 133 Å². The molecule has 5 nitrogen and oxygen atoms in total. The minimum Gasteiger partial charge on any atom is -0.396 e. The van der Waals surface area contributed by atoms with Gasteiger partial charge in [0.2, 0.25) is 0 Å². The maximum atomic E-state index is 13.1. The van der Waals surface area contributed by atoms with E-state index in [2.05, 4.69) is 19.7 Å². The maximum absolute atomic E-state index is 13.1. The predicted molar refractivity (Wildman–Crippen MR) is 78.8 cm³/mol. The molecule has 2 aliphatic rings. The van der Waals surface area contributed by atoms with Gasteiger partial charge in [-0.15, -0.1) is 21.2 Å². The largest absolute Gasteiger partial charge is 0.586 e. The second-order valence-corrected chi connectivity index (χ2v) is 5.19. The van der Waals surface area contributed by atoms with Crippen LogP contribution in [0.5, 0.6) is 11.5 Å². The normalized spacial score (nSPS) is 21.2. The van der Waals surface area contributed by atoms with Crippen LogP contribution in [0, 0.1) is 0 Å². The molecule has 1 atom stereocenters. The quantitative estimate of drug-likeness (QED) is 0.877. The van der Waals surface area contributed by atoms with Crippen molar-refractivity contribution in [2.45, 2.75) is 18.8 Å². The highest BCUT2D eigenvalue weighted by Gasteiger charge is 2.43. The third kappa shape index (κ3) is 3.60. The molecule has 0 amide bonds. The van der Waals surface area contributed by atoms with Crippen molar-refractivity contribution in [3.63, 3.8) is 0 Å². The van der Waals surface area contributed by atoms with Crippen molar-refractivity contribution in [3.8, 4) is 11.5 Å². The van der Waals surface area contributed by atoms with Crippen molar-refractivity contribution in [3.05, 3.63) is 23.8 Å². The fourth-order valence-corrected chi connectivity index (χ4v) is 2.85. The Balaban J connectivity index is 0.00000176.